The van der Waals surface area contributed by atoms with Crippen molar-refractivity contribution in [2.24, 2.45) is 5.41 Å². The Hall–Kier alpha value is -0.940. The van der Waals surface area contributed by atoms with Crippen molar-refractivity contribution in [3.63, 3.8) is 0 Å². The van der Waals surface area contributed by atoms with Crippen LogP contribution in [-0.2, 0) is 13.1 Å². The largest absolute Gasteiger partial charge is 0.394 e. The molecule has 2 N–H and O–H groups in total. The van der Waals surface area contributed by atoms with E-state index in [1.165, 1.54) is 19.3 Å². The summed E-state index contributed by atoms with van der Waals surface area (Å²) in [6, 6.07) is 0. The lowest BCUT2D eigenvalue weighted by Gasteiger charge is -2.11. The summed E-state index contributed by atoms with van der Waals surface area (Å²) >= 11 is 0. The fourth-order valence-electron chi connectivity index (χ4n) is 1.92. The first-order chi connectivity index (χ1) is 7.78. The van der Waals surface area contributed by atoms with Gasteiger partial charge in [-0.3, -0.25) is 0 Å². The van der Waals surface area contributed by atoms with E-state index in [2.05, 4.69) is 22.6 Å². The van der Waals surface area contributed by atoms with Crippen LogP contribution in [0.25, 0.3) is 0 Å². The number of aromatic nitrogens is 3. The summed E-state index contributed by atoms with van der Waals surface area (Å²) in [5, 5.41) is 20.1. The topological polar surface area (TPSA) is 63.0 Å². The lowest BCUT2D eigenvalue weighted by atomic mass is 10.0. The molecule has 2 rings (SSSR count). The summed E-state index contributed by atoms with van der Waals surface area (Å²) in [4.78, 5) is 0. The molecule has 5 heteroatoms. The van der Waals surface area contributed by atoms with Crippen LogP contribution in [0.2, 0.25) is 0 Å². The molecular weight excluding hydrogens is 204 g/mol. The van der Waals surface area contributed by atoms with Gasteiger partial charge in [0.2, 0.25) is 0 Å². The van der Waals surface area contributed by atoms with Crippen LogP contribution in [0.15, 0.2) is 6.20 Å². The number of nitrogens with one attached hydrogen (secondary N) is 1. The molecule has 0 atom stereocenters. The Morgan fingerprint density at radius 3 is 3.00 bits per heavy atom. The van der Waals surface area contributed by atoms with Gasteiger partial charge in [0.05, 0.1) is 18.8 Å². The maximum absolute atomic E-state index is 8.75. The summed E-state index contributed by atoms with van der Waals surface area (Å²) in [5.41, 5.74) is 1.52. The zero-order valence-corrected chi connectivity index (χ0v) is 9.82. The van der Waals surface area contributed by atoms with Crippen LogP contribution in [0.3, 0.4) is 0 Å². The van der Waals surface area contributed by atoms with Crippen molar-refractivity contribution >= 4 is 0 Å². The molecule has 0 spiro atoms. The minimum atomic E-state index is 0.106. The third kappa shape index (κ3) is 2.80. The van der Waals surface area contributed by atoms with E-state index in [1.807, 2.05) is 6.20 Å². The molecule has 1 aromatic heterocycles. The van der Waals surface area contributed by atoms with E-state index >= 15 is 0 Å². The molecule has 1 heterocycles. The van der Waals surface area contributed by atoms with Crippen molar-refractivity contribution in [1.29, 1.82) is 0 Å². The van der Waals surface area contributed by atoms with E-state index in [9.17, 15) is 0 Å². The molecule has 0 unspecified atom stereocenters. The molecule has 1 fully saturated rings. The fourth-order valence-corrected chi connectivity index (χ4v) is 1.92. The zero-order chi connectivity index (χ0) is 11.4. The molecule has 0 radical (unpaired) electrons. The number of aliphatic hydroxyl groups is 1. The maximum Gasteiger partial charge on any atom is 0.0964 e. The lowest BCUT2D eigenvalue weighted by Crippen LogP contribution is -2.23. The van der Waals surface area contributed by atoms with Crippen molar-refractivity contribution in [3.05, 3.63) is 11.9 Å². The minimum Gasteiger partial charge on any atom is -0.394 e. The van der Waals surface area contributed by atoms with E-state index in [-0.39, 0.29) is 6.61 Å². The Labute approximate surface area is 95.8 Å². The summed E-state index contributed by atoms with van der Waals surface area (Å²) < 4.78 is 1.67. The highest BCUT2D eigenvalue weighted by Gasteiger charge is 2.39. The predicted octanol–water partition coefficient (Wildman–Crippen LogP) is 0.550. The zero-order valence-electron chi connectivity index (χ0n) is 9.82. The Balaban J connectivity index is 1.72. The van der Waals surface area contributed by atoms with Crippen LogP contribution in [0.4, 0.5) is 0 Å². The molecule has 5 nitrogen and oxygen atoms in total. The quantitative estimate of drug-likeness (QED) is 0.710. The molecule has 1 aliphatic rings. The molecule has 0 saturated heterocycles. The van der Waals surface area contributed by atoms with Gasteiger partial charge < -0.3 is 10.4 Å². The maximum atomic E-state index is 8.75. The Bertz CT molecular complexity index is 332. The molecule has 0 bridgehead atoms. The van der Waals surface area contributed by atoms with Gasteiger partial charge in [-0.1, -0.05) is 12.1 Å². The van der Waals surface area contributed by atoms with Gasteiger partial charge in [-0.15, -0.1) is 5.10 Å². The summed E-state index contributed by atoms with van der Waals surface area (Å²) in [5.74, 6) is 0. The highest BCUT2D eigenvalue weighted by atomic mass is 16.3. The van der Waals surface area contributed by atoms with Crippen molar-refractivity contribution in [2.75, 3.05) is 13.2 Å². The first-order valence-corrected chi connectivity index (χ1v) is 5.98. The molecule has 1 aromatic rings. The van der Waals surface area contributed by atoms with E-state index < -0.39 is 0 Å². The van der Waals surface area contributed by atoms with Crippen LogP contribution >= 0.6 is 0 Å². The van der Waals surface area contributed by atoms with Gasteiger partial charge in [0.15, 0.2) is 0 Å². The normalized spacial score (nSPS) is 17.6. The molecule has 90 valence electrons. The standard InChI is InChI=1S/C11H20N4O/c1-2-11(3-4-11)9-12-7-10-8-15(5-6-16)14-13-10/h8,12,16H,2-7,9H2,1H3. The predicted molar refractivity (Wildman–Crippen MR) is 60.8 cm³/mol. The Kier molecular flexibility index (Phi) is 3.56. The fraction of sp³-hybridized carbons (Fsp3) is 0.818. The van der Waals surface area contributed by atoms with Gasteiger partial charge in [-0.05, 0) is 24.7 Å². The lowest BCUT2D eigenvalue weighted by molar-refractivity contribution is 0.268. The summed E-state index contributed by atoms with van der Waals surface area (Å²) in [7, 11) is 0. The van der Waals surface area contributed by atoms with E-state index in [0.29, 0.717) is 12.0 Å². The first-order valence-electron chi connectivity index (χ1n) is 5.98. The minimum absolute atomic E-state index is 0.106. The van der Waals surface area contributed by atoms with Gasteiger partial charge in [0, 0.05) is 19.3 Å². The molecule has 1 saturated carbocycles. The third-order valence-electron chi connectivity index (χ3n) is 3.43. The number of aliphatic hydroxyl groups excluding tert-OH is 1. The second-order valence-electron chi connectivity index (χ2n) is 4.65. The van der Waals surface area contributed by atoms with Crippen LogP contribution in [0, 0.1) is 5.41 Å². The Morgan fingerprint density at radius 1 is 1.56 bits per heavy atom. The number of rotatable bonds is 7. The van der Waals surface area contributed by atoms with Gasteiger partial charge in [0.25, 0.3) is 0 Å². The summed E-state index contributed by atoms with van der Waals surface area (Å²) in [6.45, 7) is 4.73. The molecule has 16 heavy (non-hydrogen) atoms. The second-order valence-corrected chi connectivity index (χ2v) is 4.65. The number of nitrogens with zero attached hydrogens (tertiary/aromatic N) is 3. The Morgan fingerprint density at radius 2 is 2.38 bits per heavy atom. The van der Waals surface area contributed by atoms with Crippen LogP contribution in [-0.4, -0.2) is 33.3 Å². The third-order valence-corrected chi connectivity index (χ3v) is 3.43. The summed E-state index contributed by atoms with van der Waals surface area (Å²) in [6.07, 6.45) is 5.85. The van der Waals surface area contributed by atoms with Crippen LogP contribution in [0.5, 0.6) is 0 Å². The highest BCUT2D eigenvalue weighted by molar-refractivity contribution is 4.96. The number of hydrogen-bond acceptors (Lipinski definition) is 4. The molecule has 0 amide bonds. The first kappa shape index (κ1) is 11.5. The molecule has 1 aliphatic carbocycles. The molecule has 0 aromatic carbocycles. The second kappa shape index (κ2) is 4.93. The van der Waals surface area contributed by atoms with Gasteiger partial charge in [-0.25, -0.2) is 4.68 Å². The van der Waals surface area contributed by atoms with Gasteiger partial charge in [0.1, 0.15) is 0 Å². The van der Waals surface area contributed by atoms with Crippen LogP contribution < -0.4 is 5.32 Å². The van der Waals surface area contributed by atoms with E-state index in [0.717, 1.165) is 18.8 Å². The smallest absolute Gasteiger partial charge is 0.0964 e. The van der Waals surface area contributed by atoms with Crippen LogP contribution in [0.1, 0.15) is 31.9 Å². The average Bonchev–Trinajstić information content (AvgIpc) is 2.94. The highest BCUT2D eigenvalue weighted by Crippen LogP contribution is 2.47. The van der Waals surface area contributed by atoms with Gasteiger partial charge >= 0.3 is 0 Å². The number of hydrogen-bond donors (Lipinski definition) is 2. The molecule has 0 aliphatic heterocycles. The molecular formula is C11H20N4O. The van der Waals surface area contributed by atoms with Gasteiger partial charge in [-0.2, -0.15) is 0 Å². The monoisotopic (exact) mass is 224 g/mol. The van der Waals surface area contributed by atoms with Crippen molar-refractivity contribution in [1.82, 2.24) is 20.3 Å². The van der Waals surface area contributed by atoms with Crippen molar-refractivity contribution in [2.45, 2.75) is 39.3 Å². The van der Waals surface area contributed by atoms with Crippen molar-refractivity contribution in [3.8, 4) is 0 Å². The van der Waals surface area contributed by atoms with E-state index in [1.54, 1.807) is 4.68 Å². The SMILES string of the molecule is CCC1(CNCc2cn(CCO)nn2)CC1. The average molecular weight is 224 g/mol. The van der Waals surface area contributed by atoms with E-state index in [4.69, 9.17) is 5.11 Å². The van der Waals surface area contributed by atoms with Crippen molar-refractivity contribution < 1.29 is 5.11 Å².